The number of nitrogens with two attached hydrogens (primary N) is 1. The number of nitrogens with one attached hydrogen (secondary N) is 1. The number of anilines is 1. The van der Waals surface area contributed by atoms with Gasteiger partial charge in [0.1, 0.15) is 11.4 Å². The van der Waals surface area contributed by atoms with Gasteiger partial charge in [-0.15, -0.1) is 0 Å². The van der Waals surface area contributed by atoms with E-state index in [-0.39, 0.29) is 46.1 Å². The lowest BCUT2D eigenvalue weighted by Gasteiger charge is -2.33. The minimum atomic E-state index is -5.40. The van der Waals surface area contributed by atoms with Gasteiger partial charge in [-0.25, -0.2) is 23.1 Å². The van der Waals surface area contributed by atoms with Gasteiger partial charge in [0.05, 0.1) is 52.0 Å². The van der Waals surface area contributed by atoms with Crippen molar-refractivity contribution < 1.29 is 55.5 Å². The van der Waals surface area contributed by atoms with Crippen LogP contribution in [0.3, 0.4) is 0 Å². The number of primary amides is 1. The lowest BCUT2D eigenvalue weighted by molar-refractivity contribution is -0.270. The normalized spacial score (nSPS) is 17.7. The maximum absolute atomic E-state index is 15.2. The number of aromatic nitrogens is 1. The Morgan fingerprint density at radius 3 is 2.19 bits per heavy atom. The van der Waals surface area contributed by atoms with Gasteiger partial charge in [0.15, 0.2) is 23.9 Å². The van der Waals surface area contributed by atoms with Gasteiger partial charge in [-0.05, 0) is 103 Å². The number of carbonyl (C=O) groups is 3. The van der Waals surface area contributed by atoms with Crippen LogP contribution in [0, 0.1) is 5.82 Å². The van der Waals surface area contributed by atoms with Crippen molar-refractivity contribution in [2.24, 2.45) is 5.73 Å². The largest absolute Gasteiger partial charge is 0.493 e. The van der Waals surface area contributed by atoms with Crippen LogP contribution < -0.4 is 24.8 Å². The van der Waals surface area contributed by atoms with E-state index in [1.165, 1.54) is 37.4 Å². The first-order chi connectivity index (χ1) is 24.8. The molecule has 3 aromatic rings. The number of halogens is 4. The number of alkyl halides is 3. The highest BCUT2D eigenvalue weighted by Crippen LogP contribution is 2.50. The third-order valence-corrected chi connectivity index (χ3v) is 10.1. The third-order valence-electron chi connectivity index (χ3n) is 8.40. The summed E-state index contributed by atoms with van der Waals surface area (Å²) in [4.78, 5) is 43.7. The molecule has 3 atom stereocenters. The molecular weight excluding hydrogens is 736 g/mol. The average Bonchev–Trinajstić information content (AvgIpc) is 3.36. The van der Waals surface area contributed by atoms with Gasteiger partial charge in [0.25, 0.3) is 5.91 Å². The van der Waals surface area contributed by atoms with Gasteiger partial charge in [0.2, 0.25) is 5.60 Å². The fourth-order valence-electron chi connectivity index (χ4n) is 5.61. The summed E-state index contributed by atoms with van der Waals surface area (Å²) in [6.45, 7) is 10.7. The zero-order valence-corrected chi connectivity index (χ0v) is 32.0. The van der Waals surface area contributed by atoms with Crippen molar-refractivity contribution in [2.45, 2.75) is 89.0 Å². The molecule has 1 aromatic heterocycles. The number of rotatable bonds is 12. The Labute approximate surface area is 312 Å². The smallest absolute Gasteiger partial charge is 0.422 e. The first-order valence-electron chi connectivity index (χ1n) is 16.7. The van der Waals surface area contributed by atoms with Gasteiger partial charge >= 0.3 is 12.3 Å². The highest BCUT2D eigenvalue weighted by Gasteiger charge is 2.57. The van der Waals surface area contributed by atoms with Gasteiger partial charge in [-0.3, -0.25) is 14.5 Å². The van der Waals surface area contributed by atoms with Gasteiger partial charge in [0, 0.05) is 23.1 Å². The zero-order valence-electron chi connectivity index (χ0n) is 31.1. The molecule has 4 rings (SSSR count). The maximum atomic E-state index is 15.2. The molecule has 2 heterocycles. The summed E-state index contributed by atoms with van der Waals surface area (Å²) in [6.07, 6.45) is -8.31. The van der Waals surface area contributed by atoms with Crippen LogP contribution in [0.5, 0.6) is 11.5 Å². The van der Waals surface area contributed by atoms with Crippen LogP contribution in [0.2, 0.25) is 0 Å². The van der Waals surface area contributed by atoms with Crippen molar-refractivity contribution in [1.82, 2.24) is 9.71 Å². The molecule has 1 aliphatic rings. The van der Waals surface area contributed by atoms with Crippen molar-refractivity contribution in [2.75, 3.05) is 25.2 Å². The second kappa shape index (κ2) is 15.3. The highest BCUT2D eigenvalue weighted by atomic mass is 32.2. The number of amides is 2. The Balaban J connectivity index is 1.90. The number of hydrogen-bond donors (Lipinski definition) is 3. The van der Waals surface area contributed by atoms with Crippen LogP contribution in [0.1, 0.15) is 82.9 Å². The Bertz CT molecular complexity index is 1950. The molecule has 0 aliphatic carbocycles. The number of fused-ring (bicyclic) bond motifs is 1. The molecule has 4 N–H and O–H groups in total. The van der Waals surface area contributed by atoms with Crippen molar-refractivity contribution in [1.29, 1.82) is 0 Å². The quantitative estimate of drug-likeness (QED) is 0.143. The number of benzene rings is 2. The van der Waals surface area contributed by atoms with E-state index < -0.39 is 87.4 Å². The van der Waals surface area contributed by atoms with Crippen LogP contribution in [0.15, 0.2) is 48.5 Å². The predicted octanol–water partition coefficient (Wildman–Crippen LogP) is 6.20. The summed E-state index contributed by atoms with van der Waals surface area (Å²) in [5, 5.41) is 11.7. The van der Waals surface area contributed by atoms with Gasteiger partial charge in [-0.1, -0.05) is 0 Å². The van der Waals surface area contributed by atoms with Crippen LogP contribution >= 0.6 is 0 Å². The molecule has 0 radical (unpaired) electrons. The molecule has 54 heavy (non-hydrogen) atoms. The molecule has 294 valence electrons. The third kappa shape index (κ3) is 9.18. The van der Waals surface area contributed by atoms with Crippen molar-refractivity contribution in [3.63, 3.8) is 0 Å². The Hall–Kier alpha value is -4.61. The molecule has 0 saturated carbocycles. The fourth-order valence-corrected chi connectivity index (χ4v) is 6.50. The summed E-state index contributed by atoms with van der Waals surface area (Å²) in [5.74, 6) is -2.17. The number of pyridine rings is 1. The lowest BCUT2D eigenvalue weighted by atomic mass is 9.86. The first-order valence-corrected chi connectivity index (χ1v) is 17.9. The van der Waals surface area contributed by atoms with Crippen LogP contribution in [0.4, 0.5) is 28.0 Å². The molecule has 17 heteroatoms. The maximum Gasteiger partial charge on any atom is 0.422 e. The molecule has 1 unspecified atom stereocenters. The van der Waals surface area contributed by atoms with Crippen molar-refractivity contribution in [3.05, 3.63) is 71.2 Å². The van der Waals surface area contributed by atoms with E-state index in [4.69, 9.17) is 19.9 Å². The Morgan fingerprint density at radius 1 is 1.02 bits per heavy atom. The molecule has 0 spiro atoms. The van der Waals surface area contributed by atoms with E-state index in [0.29, 0.717) is 0 Å². The number of nitrogens with zero attached hydrogens (tertiary/aromatic N) is 2. The zero-order chi connectivity index (χ0) is 40.6. The second-order valence-electron chi connectivity index (χ2n) is 15.0. The summed E-state index contributed by atoms with van der Waals surface area (Å²) in [5.41, 5.74) is -2.26. The highest BCUT2D eigenvalue weighted by molar-refractivity contribution is 7.84. The van der Waals surface area contributed by atoms with E-state index in [0.717, 1.165) is 23.1 Å². The summed E-state index contributed by atoms with van der Waals surface area (Å²) in [7, 11) is -0.575. The number of hydrogen-bond acceptors (Lipinski definition) is 9. The van der Waals surface area contributed by atoms with E-state index in [9.17, 15) is 28.1 Å². The lowest BCUT2D eigenvalue weighted by Crippen LogP contribution is -2.50. The second-order valence-corrected chi connectivity index (χ2v) is 17.0. The van der Waals surface area contributed by atoms with Crippen LogP contribution in [0.25, 0.3) is 11.3 Å². The van der Waals surface area contributed by atoms with E-state index in [2.05, 4.69) is 9.71 Å². The van der Waals surface area contributed by atoms with Crippen LogP contribution in [-0.2, 0) is 31.7 Å². The fraction of sp³-hybridized carbons (Fsp3) is 0.459. The monoisotopic (exact) mass is 780 g/mol. The molecule has 2 amide bonds. The Kier molecular flexibility index (Phi) is 11.9. The SMILES string of the molecule is COc1cc(C(=O)CC[C@@](O)(c2cc3c(c(-c4ccc(F)cc4)n2)N(C(=O)OC(C)(C)C)C[C@@]3(C)NS(=O)C(C)(C)C)C(F)(F)F)ccc1OCC(N)=O. The van der Waals surface area contributed by atoms with Crippen LogP contribution in [-0.4, -0.2) is 68.9 Å². The van der Waals surface area contributed by atoms with Gasteiger partial charge < -0.3 is 25.1 Å². The number of ketones is 1. The molecule has 1 aliphatic heterocycles. The van der Waals surface area contributed by atoms with E-state index >= 15 is 13.2 Å². The van der Waals surface area contributed by atoms with Crippen molar-refractivity contribution in [3.8, 4) is 22.8 Å². The molecule has 0 fully saturated rings. The summed E-state index contributed by atoms with van der Waals surface area (Å²) >= 11 is 0. The topological polar surface area (TPSA) is 170 Å². The van der Waals surface area contributed by atoms with Crippen molar-refractivity contribution >= 4 is 34.5 Å². The van der Waals surface area contributed by atoms with E-state index in [1.807, 2.05) is 0 Å². The Morgan fingerprint density at radius 2 is 1.65 bits per heavy atom. The minimum Gasteiger partial charge on any atom is -0.493 e. The number of aliphatic hydroxyl groups is 1. The molecule has 12 nitrogen and oxygen atoms in total. The number of ether oxygens (including phenoxy) is 3. The molecule has 0 saturated heterocycles. The average molecular weight is 781 g/mol. The first kappa shape index (κ1) is 42.1. The minimum absolute atomic E-state index is 0.00591. The summed E-state index contributed by atoms with van der Waals surface area (Å²) < 4.78 is 91.4. The number of Topliss-reactive ketones (excluding diaryl/α,β-unsaturated/α-hetero) is 1. The molecule has 0 bridgehead atoms. The predicted molar refractivity (Wildman–Crippen MR) is 193 cm³/mol. The molecular formula is C37H44F4N4O8S. The summed E-state index contributed by atoms with van der Waals surface area (Å²) in [6, 6.07) is 9.36. The standard InChI is InChI=1S/C37H44F4N4O8S/c1-33(2,3)53-32(48)45-20-35(7,44-54(50)34(4,5)6)24-18-28(43-30(31(24)45)21-9-12-23(38)13-10-21)36(49,37(39,40)41)16-15-25(46)22-11-14-26(27(17-22)51-8)52-19-29(42)47/h9-14,17-18,44,49H,15-16,19-20H2,1-8H3,(H2,42,47)/t35-,36-,54?/m1/s1. The van der Waals surface area contributed by atoms with E-state index in [1.54, 1.807) is 48.5 Å². The van der Waals surface area contributed by atoms with Gasteiger partial charge in [-0.2, -0.15) is 13.2 Å². The molecule has 2 aromatic carbocycles. The number of methoxy groups -OCH3 is 1. The number of carbonyl (C=O) groups excluding carboxylic acids is 3.